The second-order valence-electron chi connectivity index (χ2n) is 6.63. The Labute approximate surface area is 131 Å². The number of rotatable bonds is 4. The van der Waals surface area contributed by atoms with Crippen molar-refractivity contribution >= 4 is 6.09 Å². The molecule has 1 saturated heterocycles. The molecule has 1 aromatic heterocycles. The zero-order chi connectivity index (χ0) is 16.2. The third-order valence-electron chi connectivity index (χ3n) is 3.61. The van der Waals surface area contributed by atoms with Crippen LogP contribution in [0.15, 0.2) is 22.8 Å². The van der Waals surface area contributed by atoms with Crippen molar-refractivity contribution in [2.75, 3.05) is 32.7 Å². The van der Waals surface area contributed by atoms with Gasteiger partial charge in [0.15, 0.2) is 0 Å². The van der Waals surface area contributed by atoms with Crippen molar-refractivity contribution in [1.29, 1.82) is 0 Å². The minimum Gasteiger partial charge on any atom is -0.467 e. The second kappa shape index (κ2) is 7.15. The number of carbonyl (C=O) groups is 1. The maximum atomic E-state index is 12.0. The van der Waals surface area contributed by atoms with Gasteiger partial charge in [-0.25, -0.2) is 4.79 Å². The van der Waals surface area contributed by atoms with Gasteiger partial charge in [-0.15, -0.1) is 0 Å². The summed E-state index contributed by atoms with van der Waals surface area (Å²) in [4.78, 5) is 16.0. The number of ether oxygens (including phenoxy) is 1. The van der Waals surface area contributed by atoms with E-state index in [1.165, 1.54) is 0 Å². The fourth-order valence-corrected chi connectivity index (χ4v) is 2.41. The summed E-state index contributed by atoms with van der Waals surface area (Å²) in [6, 6.07) is 3.56. The van der Waals surface area contributed by atoms with Gasteiger partial charge in [0.2, 0.25) is 0 Å². The predicted octanol–water partition coefficient (Wildman–Crippen LogP) is 2.26. The fraction of sp³-hybridized carbons (Fsp3) is 0.688. The van der Waals surface area contributed by atoms with Gasteiger partial charge < -0.3 is 19.2 Å². The van der Waals surface area contributed by atoms with E-state index in [0.29, 0.717) is 25.3 Å². The highest BCUT2D eigenvalue weighted by Crippen LogP contribution is 2.18. The number of aliphatic hydroxyl groups excluding tert-OH is 1. The van der Waals surface area contributed by atoms with Gasteiger partial charge in [0.05, 0.1) is 6.26 Å². The van der Waals surface area contributed by atoms with E-state index in [1.807, 2.05) is 20.8 Å². The predicted molar refractivity (Wildman–Crippen MR) is 82.5 cm³/mol. The quantitative estimate of drug-likeness (QED) is 0.924. The number of aliphatic hydroxyl groups is 1. The molecule has 1 aliphatic heterocycles. The fourth-order valence-electron chi connectivity index (χ4n) is 2.41. The smallest absolute Gasteiger partial charge is 0.410 e. The molecular weight excluding hydrogens is 284 g/mol. The summed E-state index contributed by atoms with van der Waals surface area (Å²) in [5, 5.41) is 10.0. The summed E-state index contributed by atoms with van der Waals surface area (Å²) in [5.41, 5.74) is -0.457. The molecule has 0 bridgehead atoms. The topological polar surface area (TPSA) is 66.2 Å². The third kappa shape index (κ3) is 5.03. The van der Waals surface area contributed by atoms with Crippen LogP contribution in [0, 0.1) is 0 Å². The van der Waals surface area contributed by atoms with Crippen LogP contribution in [0.2, 0.25) is 0 Å². The van der Waals surface area contributed by atoms with Crippen molar-refractivity contribution in [2.24, 2.45) is 0 Å². The molecule has 0 spiro atoms. The number of furan rings is 1. The average Bonchev–Trinajstić information content (AvgIpc) is 2.97. The highest BCUT2D eigenvalue weighted by molar-refractivity contribution is 5.68. The van der Waals surface area contributed by atoms with Crippen molar-refractivity contribution < 1.29 is 19.1 Å². The standard InChI is InChI=1S/C16H26N2O4/c1-16(2,3)22-15(20)18-10-8-17(9-11-18)7-6-13(19)14-5-4-12-21-14/h4-5,12-13,19H,6-11H2,1-3H3. The molecule has 0 aliphatic carbocycles. The van der Waals surface area contributed by atoms with Crippen LogP contribution in [0.25, 0.3) is 0 Å². The van der Waals surface area contributed by atoms with E-state index in [-0.39, 0.29) is 6.09 Å². The molecule has 1 aliphatic rings. The summed E-state index contributed by atoms with van der Waals surface area (Å²) in [5.74, 6) is 0.604. The zero-order valence-corrected chi connectivity index (χ0v) is 13.6. The number of amides is 1. The summed E-state index contributed by atoms with van der Waals surface area (Å²) in [6.07, 6.45) is 1.37. The Morgan fingerprint density at radius 1 is 1.36 bits per heavy atom. The van der Waals surface area contributed by atoms with Crippen LogP contribution in [0.5, 0.6) is 0 Å². The van der Waals surface area contributed by atoms with E-state index < -0.39 is 11.7 Å². The van der Waals surface area contributed by atoms with E-state index in [4.69, 9.17) is 9.15 Å². The van der Waals surface area contributed by atoms with Gasteiger partial charge in [-0.1, -0.05) is 0 Å². The average molecular weight is 310 g/mol. The van der Waals surface area contributed by atoms with Crippen LogP contribution in [0.3, 0.4) is 0 Å². The Kier molecular flexibility index (Phi) is 5.47. The highest BCUT2D eigenvalue weighted by atomic mass is 16.6. The molecule has 1 N–H and O–H groups in total. The van der Waals surface area contributed by atoms with Crippen LogP contribution in [0.1, 0.15) is 39.1 Å². The molecule has 22 heavy (non-hydrogen) atoms. The third-order valence-corrected chi connectivity index (χ3v) is 3.61. The molecule has 6 nitrogen and oxygen atoms in total. The first-order chi connectivity index (χ1) is 10.3. The van der Waals surface area contributed by atoms with Crippen molar-refractivity contribution in [2.45, 2.75) is 38.9 Å². The minimum absolute atomic E-state index is 0.247. The lowest BCUT2D eigenvalue weighted by molar-refractivity contribution is 0.0130. The van der Waals surface area contributed by atoms with E-state index in [2.05, 4.69) is 4.90 Å². The lowest BCUT2D eigenvalue weighted by atomic mass is 10.2. The van der Waals surface area contributed by atoms with E-state index in [9.17, 15) is 9.90 Å². The monoisotopic (exact) mass is 310 g/mol. The summed E-state index contributed by atoms with van der Waals surface area (Å²) in [7, 11) is 0. The van der Waals surface area contributed by atoms with Crippen LogP contribution < -0.4 is 0 Å². The van der Waals surface area contributed by atoms with Gasteiger partial charge in [0, 0.05) is 32.7 Å². The molecule has 1 atom stereocenters. The molecule has 124 valence electrons. The molecule has 6 heteroatoms. The van der Waals surface area contributed by atoms with Crippen molar-refractivity contribution in [3.8, 4) is 0 Å². The Balaban J connectivity index is 1.70. The Bertz CT molecular complexity index is 459. The maximum Gasteiger partial charge on any atom is 0.410 e. The molecule has 0 radical (unpaired) electrons. The van der Waals surface area contributed by atoms with Gasteiger partial charge in [0.25, 0.3) is 0 Å². The van der Waals surface area contributed by atoms with E-state index in [1.54, 1.807) is 23.3 Å². The summed E-state index contributed by atoms with van der Waals surface area (Å²) >= 11 is 0. The Hall–Kier alpha value is -1.53. The molecule has 1 fully saturated rings. The number of carbonyl (C=O) groups excluding carboxylic acids is 1. The molecule has 0 aromatic carbocycles. The number of hydrogen-bond donors (Lipinski definition) is 1. The first kappa shape index (κ1) is 16.8. The summed E-state index contributed by atoms with van der Waals surface area (Å²) < 4.78 is 10.6. The number of piperazine rings is 1. The maximum absolute atomic E-state index is 12.0. The largest absolute Gasteiger partial charge is 0.467 e. The summed E-state index contributed by atoms with van der Waals surface area (Å²) in [6.45, 7) is 9.31. The normalized spacial score (nSPS) is 18.3. The lowest BCUT2D eigenvalue weighted by Crippen LogP contribution is -2.50. The number of nitrogens with zero attached hydrogens (tertiary/aromatic N) is 2. The Morgan fingerprint density at radius 3 is 2.59 bits per heavy atom. The molecule has 2 rings (SSSR count). The first-order valence-corrected chi connectivity index (χ1v) is 7.77. The van der Waals surface area contributed by atoms with E-state index in [0.717, 1.165) is 19.6 Å². The van der Waals surface area contributed by atoms with Crippen LogP contribution in [-0.2, 0) is 4.74 Å². The second-order valence-corrected chi connectivity index (χ2v) is 6.63. The van der Waals surface area contributed by atoms with Crippen molar-refractivity contribution in [3.63, 3.8) is 0 Å². The van der Waals surface area contributed by atoms with Crippen molar-refractivity contribution in [1.82, 2.24) is 9.80 Å². The van der Waals surface area contributed by atoms with Gasteiger partial charge in [-0.3, -0.25) is 4.90 Å². The highest BCUT2D eigenvalue weighted by Gasteiger charge is 2.26. The molecule has 1 aromatic rings. The van der Waals surface area contributed by atoms with Crippen molar-refractivity contribution in [3.05, 3.63) is 24.2 Å². The molecule has 1 unspecified atom stereocenters. The van der Waals surface area contributed by atoms with Crippen LogP contribution >= 0.6 is 0 Å². The molecule has 2 heterocycles. The molecule has 0 saturated carbocycles. The lowest BCUT2D eigenvalue weighted by Gasteiger charge is -2.35. The van der Waals surface area contributed by atoms with Gasteiger partial charge in [-0.05, 0) is 39.3 Å². The van der Waals surface area contributed by atoms with Gasteiger partial charge in [-0.2, -0.15) is 0 Å². The van der Waals surface area contributed by atoms with E-state index >= 15 is 0 Å². The zero-order valence-electron chi connectivity index (χ0n) is 13.6. The van der Waals surface area contributed by atoms with Crippen LogP contribution in [0.4, 0.5) is 4.79 Å². The number of hydrogen-bond acceptors (Lipinski definition) is 5. The SMILES string of the molecule is CC(C)(C)OC(=O)N1CCN(CCC(O)c2ccco2)CC1. The Morgan fingerprint density at radius 2 is 2.05 bits per heavy atom. The first-order valence-electron chi connectivity index (χ1n) is 7.77. The molecule has 1 amide bonds. The molecular formula is C16H26N2O4. The minimum atomic E-state index is -0.570. The van der Waals surface area contributed by atoms with Gasteiger partial charge in [0.1, 0.15) is 17.5 Å². The van der Waals surface area contributed by atoms with Crippen LogP contribution in [-0.4, -0.2) is 59.3 Å². The van der Waals surface area contributed by atoms with Gasteiger partial charge >= 0.3 is 6.09 Å².